The number of hydrogen-bond acceptors (Lipinski definition) is 1. The molecule has 0 saturated heterocycles. The van der Waals surface area contributed by atoms with Gasteiger partial charge in [0.25, 0.3) is 0 Å². The van der Waals surface area contributed by atoms with Crippen LogP contribution in [0.1, 0.15) is 11.1 Å². The second kappa shape index (κ2) is 4.13. The first kappa shape index (κ1) is 9.71. The second-order valence-electron chi connectivity index (χ2n) is 3.70. The van der Waals surface area contributed by atoms with Gasteiger partial charge in [0.05, 0.1) is 0 Å². The monoisotopic (exact) mass is 199 g/mol. The summed E-state index contributed by atoms with van der Waals surface area (Å²) in [6.07, 6.45) is 3.62. The molecular formula is C13H13NO. The third-order valence-corrected chi connectivity index (χ3v) is 2.31. The average molecular weight is 199 g/mol. The Labute approximate surface area is 88.8 Å². The van der Waals surface area contributed by atoms with Gasteiger partial charge < -0.3 is 4.57 Å². The first-order chi connectivity index (χ1) is 7.24. The third-order valence-electron chi connectivity index (χ3n) is 2.31. The van der Waals surface area contributed by atoms with Gasteiger partial charge in [0.1, 0.15) is 0 Å². The number of nitrogens with zero attached hydrogens (tertiary/aromatic N) is 1. The van der Waals surface area contributed by atoms with Crippen LogP contribution in [0.5, 0.6) is 0 Å². The van der Waals surface area contributed by atoms with E-state index in [0.717, 1.165) is 6.54 Å². The topological polar surface area (TPSA) is 22.0 Å². The van der Waals surface area contributed by atoms with Crippen LogP contribution in [-0.2, 0) is 6.54 Å². The van der Waals surface area contributed by atoms with E-state index in [9.17, 15) is 4.79 Å². The summed E-state index contributed by atoms with van der Waals surface area (Å²) < 4.78 is 2.00. The van der Waals surface area contributed by atoms with Gasteiger partial charge in [-0.05, 0) is 12.5 Å². The Hall–Kier alpha value is -1.83. The van der Waals surface area contributed by atoms with Gasteiger partial charge >= 0.3 is 0 Å². The van der Waals surface area contributed by atoms with Gasteiger partial charge in [-0.25, -0.2) is 0 Å². The molecule has 0 aliphatic rings. The minimum atomic E-state index is 0.0514. The van der Waals surface area contributed by atoms with Gasteiger partial charge in [-0.2, -0.15) is 0 Å². The molecule has 1 aromatic heterocycles. The standard InChI is InChI=1S/C13H13NO/c1-11-3-2-4-12(9-11)10-14-7-5-13(15)6-8-14/h2-9H,10H2,1H3. The van der Waals surface area contributed by atoms with E-state index in [1.54, 1.807) is 12.1 Å². The fourth-order valence-electron chi connectivity index (χ4n) is 1.57. The summed E-state index contributed by atoms with van der Waals surface area (Å²) in [5.74, 6) is 0. The minimum absolute atomic E-state index is 0.0514. The van der Waals surface area contributed by atoms with E-state index in [1.165, 1.54) is 11.1 Å². The van der Waals surface area contributed by atoms with Crippen LogP contribution >= 0.6 is 0 Å². The Kier molecular flexibility index (Phi) is 2.68. The van der Waals surface area contributed by atoms with Crippen LogP contribution in [0.4, 0.5) is 0 Å². The van der Waals surface area contributed by atoms with Crippen LogP contribution in [0.25, 0.3) is 0 Å². The Morgan fingerprint density at radius 3 is 2.53 bits per heavy atom. The number of aryl methyl sites for hydroxylation is 1. The van der Waals surface area contributed by atoms with Crippen molar-refractivity contribution in [2.75, 3.05) is 0 Å². The zero-order valence-electron chi connectivity index (χ0n) is 8.68. The van der Waals surface area contributed by atoms with Crippen molar-refractivity contribution < 1.29 is 0 Å². The van der Waals surface area contributed by atoms with Crippen LogP contribution in [0.3, 0.4) is 0 Å². The van der Waals surface area contributed by atoms with Gasteiger partial charge in [0.15, 0.2) is 5.43 Å². The molecule has 2 aromatic rings. The molecule has 0 fully saturated rings. The van der Waals surface area contributed by atoms with E-state index in [-0.39, 0.29) is 5.43 Å². The predicted octanol–water partition coefficient (Wildman–Crippen LogP) is 2.21. The molecule has 0 N–H and O–H groups in total. The van der Waals surface area contributed by atoms with Crippen molar-refractivity contribution >= 4 is 0 Å². The van der Waals surface area contributed by atoms with Crippen molar-refractivity contribution in [3.63, 3.8) is 0 Å². The molecule has 15 heavy (non-hydrogen) atoms. The lowest BCUT2D eigenvalue weighted by atomic mass is 10.1. The Balaban J connectivity index is 2.22. The van der Waals surface area contributed by atoms with Crippen molar-refractivity contribution in [1.82, 2.24) is 4.57 Å². The molecule has 0 saturated carbocycles. The number of benzene rings is 1. The number of rotatable bonds is 2. The van der Waals surface area contributed by atoms with Crippen molar-refractivity contribution in [2.45, 2.75) is 13.5 Å². The van der Waals surface area contributed by atoms with E-state index in [1.807, 2.05) is 23.0 Å². The minimum Gasteiger partial charge on any atom is -0.350 e. The maximum atomic E-state index is 10.9. The van der Waals surface area contributed by atoms with Crippen molar-refractivity contribution in [3.05, 3.63) is 70.1 Å². The highest BCUT2D eigenvalue weighted by atomic mass is 16.1. The summed E-state index contributed by atoms with van der Waals surface area (Å²) >= 11 is 0. The second-order valence-corrected chi connectivity index (χ2v) is 3.70. The molecule has 0 unspecified atom stereocenters. The van der Waals surface area contributed by atoms with Gasteiger partial charge in [-0.15, -0.1) is 0 Å². The van der Waals surface area contributed by atoms with Crippen molar-refractivity contribution in [2.24, 2.45) is 0 Å². The van der Waals surface area contributed by atoms with Gasteiger partial charge in [0, 0.05) is 31.1 Å². The summed E-state index contributed by atoms with van der Waals surface area (Å²) in [6.45, 7) is 2.89. The molecule has 0 amide bonds. The van der Waals surface area contributed by atoms with Gasteiger partial charge in [0.2, 0.25) is 0 Å². The molecule has 2 rings (SSSR count). The van der Waals surface area contributed by atoms with E-state index in [0.29, 0.717) is 0 Å². The molecule has 1 aromatic carbocycles. The Morgan fingerprint density at radius 2 is 1.87 bits per heavy atom. The molecule has 0 bridgehead atoms. The van der Waals surface area contributed by atoms with Crippen LogP contribution < -0.4 is 5.43 Å². The molecule has 0 spiro atoms. The molecular weight excluding hydrogens is 186 g/mol. The van der Waals surface area contributed by atoms with E-state index in [4.69, 9.17) is 0 Å². The SMILES string of the molecule is Cc1cccc(Cn2ccc(=O)cc2)c1. The van der Waals surface area contributed by atoms with Crippen LogP contribution in [-0.4, -0.2) is 4.57 Å². The average Bonchev–Trinajstić information content (AvgIpc) is 2.22. The van der Waals surface area contributed by atoms with Crippen molar-refractivity contribution in [3.8, 4) is 0 Å². The van der Waals surface area contributed by atoms with Crippen molar-refractivity contribution in [1.29, 1.82) is 0 Å². The molecule has 0 aliphatic carbocycles. The maximum absolute atomic E-state index is 10.9. The Morgan fingerprint density at radius 1 is 1.13 bits per heavy atom. The van der Waals surface area contributed by atoms with Crippen LogP contribution in [0.15, 0.2) is 53.6 Å². The van der Waals surface area contributed by atoms with Gasteiger partial charge in [-0.3, -0.25) is 4.79 Å². The van der Waals surface area contributed by atoms with Gasteiger partial charge in [-0.1, -0.05) is 29.8 Å². The number of aromatic nitrogens is 1. The molecule has 2 nitrogen and oxygen atoms in total. The largest absolute Gasteiger partial charge is 0.350 e. The molecule has 76 valence electrons. The highest BCUT2D eigenvalue weighted by molar-refractivity contribution is 5.22. The summed E-state index contributed by atoms with van der Waals surface area (Å²) in [4.78, 5) is 10.9. The zero-order valence-corrected chi connectivity index (χ0v) is 8.68. The quantitative estimate of drug-likeness (QED) is 0.726. The molecule has 2 heteroatoms. The lowest BCUT2D eigenvalue weighted by Gasteiger charge is -2.06. The molecule has 0 aliphatic heterocycles. The normalized spacial score (nSPS) is 10.2. The maximum Gasteiger partial charge on any atom is 0.181 e. The predicted molar refractivity (Wildman–Crippen MR) is 61.0 cm³/mol. The molecule has 1 heterocycles. The smallest absolute Gasteiger partial charge is 0.181 e. The van der Waals surface area contributed by atoms with Crippen LogP contribution in [0, 0.1) is 6.92 Å². The fraction of sp³-hybridized carbons (Fsp3) is 0.154. The van der Waals surface area contributed by atoms with Crippen LogP contribution in [0.2, 0.25) is 0 Å². The first-order valence-electron chi connectivity index (χ1n) is 4.96. The first-order valence-corrected chi connectivity index (χ1v) is 4.96. The van der Waals surface area contributed by atoms with E-state index in [2.05, 4.69) is 25.1 Å². The molecule has 0 atom stereocenters. The number of pyridine rings is 1. The van der Waals surface area contributed by atoms with E-state index < -0.39 is 0 Å². The summed E-state index contributed by atoms with van der Waals surface area (Å²) in [5, 5.41) is 0. The molecule has 0 radical (unpaired) electrons. The summed E-state index contributed by atoms with van der Waals surface area (Å²) in [5.41, 5.74) is 2.56. The summed E-state index contributed by atoms with van der Waals surface area (Å²) in [6, 6.07) is 11.5. The highest BCUT2D eigenvalue weighted by Gasteiger charge is 1.93. The third kappa shape index (κ3) is 2.56. The zero-order chi connectivity index (χ0) is 10.7. The lowest BCUT2D eigenvalue weighted by molar-refractivity contribution is 0.788. The lowest BCUT2D eigenvalue weighted by Crippen LogP contribution is -2.04. The summed E-state index contributed by atoms with van der Waals surface area (Å²) in [7, 11) is 0. The highest BCUT2D eigenvalue weighted by Crippen LogP contribution is 2.05. The Bertz CT molecular complexity index is 493. The number of hydrogen-bond donors (Lipinski definition) is 0. The van der Waals surface area contributed by atoms with E-state index >= 15 is 0 Å². The fourth-order valence-corrected chi connectivity index (χ4v) is 1.57.